The average molecular weight is 510 g/mol. The molecule has 2 amide bonds. The van der Waals surface area contributed by atoms with Crippen molar-refractivity contribution in [3.63, 3.8) is 0 Å². The van der Waals surface area contributed by atoms with Crippen molar-refractivity contribution in [3.05, 3.63) is 100 Å². The highest BCUT2D eigenvalue weighted by Crippen LogP contribution is 2.36. The summed E-state index contributed by atoms with van der Waals surface area (Å²) in [5.41, 5.74) is 2.35. The number of ether oxygens (including phenoxy) is 2. The van der Waals surface area contributed by atoms with Gasteiger partial charge in [-0.1, -0.05) is 42.5 Å². The number of methoxy groups -OCH3 is 1. The van der Waals surface area contributed by atoms with Crippen molar-refractivity contribution < 1.29 is 19.1 Å². The van der Waals surface area contributed by atoms with Gasteiger partial charge in [-0.3, -0.25) is 23.9 Å². The number of hydrogen-bond acceptors (Lipinski definition) is 6. The Balaban J connectivity index is 1.19. The minimum absolute atomic E-state index is 0.129. The third kappa shape index (κ3) is 4.22. The lowest BCUT2D eigenvalue weighted by atomic mass is 9.91. The number of carbonyl (C=O) groups is 2. The third-order valence-electron chi connectivity index (χ3n) is 7.43. The Morgan fingerprint density at radius 3 is 2.16 bits per heavy atom. The Bertz CT molecular complexity index is 1550. The Labute approximate surface area is 219 Å². The molecule has 0 radical (unpaired) electrons. The Kier molecular flexibility index (Phi) is 6.15. The molecule has 1 saturated carbocycles. The third-order valence-corrected chi connectivity index (χ3v) is 7.43. The summed E-state index contributed by atoms with van der Waals surface area (Å²) in [6.07, 6.45) is 4.07. The number of hydrogen-bond donors (Lipinski definition) is 0. The van der Waals surface area contributed by atoms with Gasteiger partial charge in [0.05, 0.1) is 48.1 Å². The molecule has 4 aromatic rings. The van der Waals surface area contributed by atoms with E-state index in [1.165, 1.54) is 4.90 Å². The zero-order chi connectivity index (χ0) is 26.2. The number of carbonyl (C=O) groups excluding carboxylic acids is 2. The van der Waals surface area contributed by atoms with Gasteiger partial charge in [-0.15, -0.1) is 0 Å². The Hall–Kier alpha value is -4.46. The summed E-state index contributed by atoms with van der Waals surface area (Å²) < 4.78 is 13.5. The minimum Gasteiger partial charge on any atom is -0.493 e. The van der Waals surface area contributed by atoms with E-state index in [0.29, 0.717) is 65.8 Å². The first kappa shape index (κ1) is 23.9. The number of imide groups is 1. The molecule has 1 aliphatic heterocycles. The molecule has 0 spiro atoms. The Morgan fingerprint density at radius 2 is 1.50 bits per heavy atom. The number of amides is 2. The normalized spacial score (nSPS) is 19.0. The van der Waals surface area contributed by atoms with Crippen molar-refractivity contribution in [2.45, 2.75) is 44.4 Å². The average Bonchev–Trinajstić information content (AvgIpc) is 3.21. The molecule has 0 atom stereocenters. The highest BCUT2D eigenvalue weighted by molar-refractivity contribution is 6.21. The van der Waals surface area contributed by atoms with Crippen LogP contribution in [0.2, 0.25) is 0 Å². The predicted molar refractivity (Wildman–Crippen MR) is 142 cm³/mol. The largest absolute Gasteiger partial charge is 0.493 e. The Morgan fingerprint density at radius 1 is 0.842 bits per heavy atom. The monoisotopic (exact) mass is 509 g/mol. The van der Waals surface area contributed by atoms with E-state index in [4.69, 9.17) is 9.47 Å². The standard InChI is InChI=1S/C30H27N3O5/c1-37-26-16-25-24(28(34)32(18-31-25)17-19-7-3-2-4-8-19)15-27(26)38-21-13-11-20(12-14-21)33-29(35)22-9-5-6-10-23(22)30(33)36/h2-10,15-16,18,20-21H,11-14,17H2,1H3/t20-,21+. The number of aromatic nitrogens is 2. The van der Waals surface area contributed by atoms with Crippen LogP contribution in [0, 0.1) is 0 Å². The van der Waals surface area contributed by atoms with Crippen molar-refractivity contribution in [2.24, 2.45) is 0 Å². The first-order chi connectivity index (χ1) is 18.5. The maximum atomic E-state index is 13.3. The molecule has 2 aliphatic rings. The molecular weight excluding hydrogens is 482 g/mol. The molecule has 6 rings (SSSR count). The highest BCUT2D eigenvalue weighted by atomic mass is 16.5. The van der Waals surface area contributed by atoms with E-state index in [2.05, 4.69) is 4.98 Å². The smallest absolute Gasteiger partial charge is 0.261 e. The van der Waals surface area contributed by atoms with Crippen LogP contribution in [0.25, 0.3) is 10.9 Å². The lowest BCUT2D eigenvalue weighted by Gasteiger charge is -2.33. The number of nitrogens with zero attached hydrogens (tertiary/aromatic N) is 3. The fourth-order valence-corrected chi connectivity index (χ4v) is 5.45. The fraction of sp³-hybridized carbons (Fsp3) is 0.267. The molecule has 1 aliphatic carbocycles. The summed E-state index contributed by atoms with van der Waals surface area (Å²) in [6.45, 7) is 0.423. The van der Waals surface area contributed by atoms with Gasteiger partial charge in [0, 0.05) is 12.1 Å². The summed E-state index contributed by atoms with van der Waals surface area (Å²) >= 11 is 0. The first-order valence-corrected chi connectivity index (χ1v) is 12.8. The second-order valence-corrected chi connectivity index (χ2v) is 9.76. The molecule has 0 N–H and O–H groups in total. The summed E-state index contributed by atoms with van der Waals surface area (Å²) in [4.78, 5) is 44.9. The van der Waals surface area contributed by atoms with Crippen molar-refractivity contribution in [2.75, 3.05) is 7.11 Å². The summed E-state index contributed by atoms with van der Waals surface area (Å²) in [7, 11) is 1.56. The molecular formula is C30H27N3O5. The van der Waals surface area contributed by atoms with Crippen molar-refractivity contribution in [1.29, 1.82) is 0 Å². The van der Waals surface area contributed by atoms with E-state index >= 15 is 0 Å². The van der Waals surface area contributed by atoms with E-state index in [1.54, 1.807) is 54.4 Å². The predicted octanol–water partition coefficient (Wildman–Crippen LogP) is 4.44. The SMILES string of the molecule is COc1cc2ncn(Cc3ccccc3)c(=O)c2cc1O[C@H]1CC[C@@H](N2C(=O)c3ccccc3C2=O)CC1. The van der Waals surface area contributed by atoms with Gasteiger partial charge in [0.2, 0.25) is 0 Å². The maximum absolute atomic E-state index is 13.3. The van der Waals surface area contributed by atoms with Gasteiger partial charge in [-0.2, -0.15) is 0 Å². The van der Waals surface area contributed by atoms with Crippen LogP contribution in [0.1, 0.15) is 52.0 Å². The molecule has 2 heterocycles. The quantitative estimate of drug-likeness (QED) is 0.357. The molecule has 192 valence electrons. The summed E-state index contributed by atoms with van der Waals surface area (Å²) in [6, 6.07) is 20.0. The molecule has 3 aromatic carbocycles. The van der Waals surface area contributed by atoms with Crippen LogP contribution in [0.4, 0.5) is 0 Å². The van der Waals surface area contributed by atoms with E-state index in [-0.39, 0.29) is 29.5 Å². The zero-order valence-electron chi connectivity index (χ0n) is 21.0. The van der Waals surface area contributed by atoms with Crippen LogP contribution in [0.5, 0.6) is 11.5 Å². The van der Waals surface area contributed by atoms with Crippen LogP contribution in [-0.4, -0.2) is 45.5 Å². The topological polar surface area (TPSA) is 90.7 Å². The second kappa shape index (κ2) is 9.78. The van der Waals surface area contributed by atoms with Gasteiger partial charge in [-0.05, 0) is 49.4 Å². The van der Waals surface area contributed by atoms with Crippen LogP contribution >= 0.6 is 0 Å². The van der Waals surface area contributed by atoms with E-state index in [9.17, 15) is 14.4 Å². The van der Waals surface area contributed by atoms with Gasteiger partial charge in [-0.25, -0.2) is 4.98 Å². The van der Waals surface area contributed by atoms with Crippen molar-refractivity contribution in [3.8, 4) is 11.5 Å². The number of fused-ring (bicyclic) bond motifs is 2. The molecule has 0 saturated heterocycles. The molecule has 0 bridgehead atoms. The van der Waals surface area contributed by atoms with E-state index in [0.717, 1.165) is 5.56 Å². The molecule has 1 aromatic heterocycles. The van der Waals surface area contributed by atoms with Gasteiger partial charge >= 0.3 is 0 Å². The molecule has 1 fully saturated rings. The fourth-order valence-electron chi connectivity index (χ4n) is 5.45. The maximum Gasteiger partial charge on any atom is 0.261 e. The highest BCUT2D eigenvalue weighted by Gasteiger charge is 2.41. The van der Waals surface area contributed by atoms with Gasteiger partial charge in [0.25, 0.3) is 17.4 Å². The van der Waals surface area contributed by atoms with Crippen molar-refractivity contribution in [1.82, 2.24) is 14.5 Å². The summed E-state index contributed by atoms with van der Waals surface area (Å²) in [5, 5.41) is 0.457. The van der Waals surface area contributed by atoms with Crippen LogP contribution < -0.4 is 15.0 Å². The molecule has 8 nitrogen and oxygen atoms in total. The number of benzene rings is 3. The minimum atomic E-state index is -0.217. The lowest BCUT2D eigenvalue weighted by Crippen LogP contribution is -2.43. The molecule has 38 heavy (non-hydrogen) atoms. The zero-order valence-corrected chi connectivity index (χ0v) is 21.0. The first-order valence-electron chi connectivity index (χ1n) is 12.8. The summed E-state index contributed by atoms with van der Waals surface area (Å²) in [5.74, 6) is 0.559. The van der Waals surface area contributed by atoms with E-state index in [1.807, 2.05) is 30.3 Å². The van der Waals surface area contributed by atoms with Crippen molar-refractivity contribution >= 4 is 22.7 Å². The van der Waals surface area contributed by atoms with E-state index < -0.39 is 0 Å². The molecule has 0 unspecified atom stereocenters. The lowest BCUT2D eigenvalue weighted by molar-refractivity contribution is 0.0476. The van der Waals surface area contributed by atoms with Gasteiger partial charge in [0.15, 0.2) is 11.5 Å². The molecule has 8 heteroatoms. The van der Waals surface area contributed by atoms with Gasteiger partial charge < -0.3 is 9.47 Å². The van der Waals surface area contributed by atoms with Crippen LogP contribution in [0.3, 0.4) is 0 Å². The van der Waals surface area contributed by atoms with Crippen LogP contribution in [-0.2, 0) is 6.54 Å². The van der Waals surface area contributed by atoms with Gasteiger partial charge in [0.1, 0.15) is 0 Å². The number of rotatable bonds is 6. The van der Waals surface area contributed by atoms with Crippen LogP contribution in [0.15, 0.2) is 77.9 Å². The second-order valence-electron chi connectivity index (χ2n) is 9.76.